The van der Waals surface area contributed by atoms with E-state index in [9.17, 15) is 9.59 Å². The van der Waals surface area contributed by atoms with Gasteiger partial charge in [-0.25, -0.2) is 4.79 Å². The highest BCUT2D eigenvalue weighted by atomic mass is 79.9. The number of thiophene rings is 1. The van der Waals surface area contributed by atoms with Crippen LogP contribution in [0.5, 0.6) is 5.75 Å². The predicted octanol–water partition coefficient (Wildman–Crippen LogP) is 5.60. The molecular weight excluding hydrogens is 446 g/mol. The molecule has 0 atom stereocenters. The van der Waals surface area contributed by atoms with Gasteiger partial charge < -0.3 is 19.2 Å². The van der Waals surface area contributed by atoms with Crippen LogP contribution in [0.15, 0.2) is 50.9 Å². The summed E-state index contributed by atoms with van der Waals surface area (Å²) in [6, 6.07) is 10.6. The Kier molecular flexibility index (Phi) is 6.53. The second kappa shape index (κ2) is 9.07. The van der Waals surface area contributed by atoms with Crippen LogP contribution in [-0.4, -0.2) is 25.1 Å². The van der Waals surface area contributed by atoms with Gasteiger partial charge in [-0.05, 0) is 59.6 Å². The van der Waals surface area contributed by atoms with Gasteiger partial charge in [0.05, 0.1) is 13.2 Å². The minimum atomic E-state index is -0.497. The molecule has 28 heavy (non-hydrogen) atoms. The van der Waals surface area contributed by atoms with Crippen LogP contribution in [0.4, 0.5) is 5.00 Å². The molecule has 3 aromatic rings. The standard InChI is InChI=1S/C20H18BrNO5S/c1-3-25-13-7-5-12(6-8-13)14-11-28-19(17(14)20(24)26-4-2)22-18(23)15-9-10-16(21)27-15/h5-11H,3-4H2,1-2H3,(H,22,23). The Balaban J connectivity index is 1.94. The Bertz CT molecular complexity index is 977. The van der Waals surface area contributed by atoms with Crippen molar-refractivity contribution >= 4 is 44.1 Å². The number of furan rings is 1. The molecule has 0 spiro atoms. The van der Waals surface area contributed by atoms with Gasteiger partial charge in [0.25, 0.3) is 5.91 Å². The lowest BCUT2D eigenvalue weighted by atomic mass is 10.0. The number of anilines is 1. The van der Waals surface area contributed by atoms with Crippen LogP contribution in [0.3, 0.4) is 0 Å². The van der Waals surface area contributed by atoms with Crippen molar-refractivity contribution in [2.24, 2.45) is 0 Å². The predicted molar refractivity (Wildman–Crippen MR) is 111 cm³/mol. The molecule has 0 saturated heterocycles. The summed E-state index contributed by atoms with van der Waals surface area (Å²) in [6.45, 7) is 4.46. The van der Waals surface area contributed by atoms with E-state index in [1.165, 1.54) is 11.3 Å². The average Bonchev–Trinajstić information content (AvgIpc) is 3.29. The minimum absolute atomic E-state index is 0.137. The lowest BCUT2D eigenvalue weighted by molar-refractivity contribution is 0.0529. The molecule has 1 N–H and O–H groups in total. The first-order valence-electron chi connectivity index (χ1n) is 8.62. The topological polar surface area (TPSA) is 77.8 Å². The number of carbonyl (C=O) groups excluding carboxylic acids is 2. The fourth-order valence-corrected chi connectivity index (χ4v) is 3.83. The van der Waals surface area contributed by atoms with Crippen molar-refractivity contribution < 1.29 is 23.5 Å². The maximum absolute atomic E-state index is 12.6. The summed E-state index contributed by atoms with van der Waals surface area (Å²) in [5, 5.41) is 4.96. The van der Waals surface area contributed by atoms with Crippen LogP contribution >= 0.6 is 27.3 Å². The molecule has 0 aliphatic carbocycles. The SMILES string of the molecule is CCOC(=O)c1c(-c2ccc(OCC)cc2)csc1NC(=O)c1ccc(Br)o1. The molecule has 0 saturated carbocycles. The first kappa shape index (κ1) is 20.2. The molecule has 0 fully saturated rings. The number of rotatable bonds is 7. The van der Waals surface area contributed by atoms with E-state index in [-0.39, 0.29) is 12.4 Å². The number of nitrogens with one attached hydrogen (secondary N) is 1. The van der Waals surface area contributed by atoms with E-state index < -0.39 is 11.9 Å². The molecule has 1 amide bonds. The summed E-state index contributed by atoms with van der Waals surface area (Å²) < 4.78 is 16.4. The van der Waals surface area contributed by atoms with Crippen molar-refractivity contribution in [3.05, 3.63) is 57.8 Å². The molecule has 3 rings (SSSR count). The van der Waals surface area contributed by atoms with E-state index in [0.29, 0.717) is 27.4 Å². The van der Waals surface area contributed by atoms with Crippen LogP contribution in [0.2, 0.25) is 0 Å². The van der Waals surface area contributed by atoms with Gasteiger partial charge in [0.2, 0.25) is 0 Å². The first-order chi connectivity index (χ1) is 13.5. The van der Waals surface area contributed by atoms with Gasteiger partial charge in [-0.2, -0.15) is 0 Å². The summed E-state index contributed by atoms with van der Waals surface area (Å²) in [5.41, 5.74) is 1.82. The number of amides is 1. The number of hydrogen-bond donors (Lipinski definition) is 1. The zero-order valence-corrected chi connectivity index (χ0v) is 17.7. The molecule has 146 valence electrons. The van der Waals surface area contributed by atoms with Crippen molar-refractivity contribution in [2.75, 3.05) is 18.5 Å². The second-order valence-electron chi connectivity index (χ2n) is 5.59. The van der Waals surface area contributed by atoms with Crippen molar-refractivity contribution in [3.8, 4) is 16.9 Å². The van der Waals surface area contributed by atoms with Crippen molar-refractivity contribution in [2.45, 2.75) is 13.8 Å². The zero-order valence-electron chi connectivity index (χ0n) is 15.3. The van der Waals surface area contributed by atoms with Gasteiger partial charge in [-0.15, -0.1) is 11.3 Å². The zero-order chi connectivity index (χ0) is 20.1. The fourth-order valence-electron chi connectivity index (χ4n) is 2.57. The van der Waals surface area contributed by atoms with Gasteiger partial charge in [0, 0.05) is 10.9 Å². The molecule has 2 aromatic heterocycles. The number of hydrogen-bond acceptors (Lipinski definition) is 6. The molecule has 0 aliphatic rings. The Morgan fingerprint density at radius 3 is 2.46 bits per heavy atom. The van der Waals surface area contributed by atoms with Crippen LogP contribution < -0.4 is 10.1 Å². The maximum Gasteiger partial charge on any atom is 0.341 e. The average molecular weight is 464 g/mol. The van der Waals surface area contributed by atoms with Gasteiger partial charge in [0.15, 0.2) is 10.4 Å². The Hall–Kier alpha value is -2.58. The highest BCUT2D eigenvalue weighted by Crippen LogP contribution is 2.37. The molecule has 1 aromatic carbocycles. The molecular formula is C20H18BrNO5S. The van der Waals surface area contributed by atoms with Gasteiger partial charge in [-0.3, -0.25) is 4.79 Å². The van der Waals surface area contributed by atoms with E-state index in [4.69, 9.17) is 13.9 Å². The molecule has 0 unspecified atom stereocenters. The van der Waals surface area contributed by atoms with E-state index in [2.05, 4.69) is 21.2 Å². The molecule has 0 aliphatic heterocycles. The molecule has 6 nitrogen and oxygen atoms in total. The largest absolute Gasteiger partial charge is 0.494 e. The number of carbonyl (C=O) groups is 2. The number of esters is 1. The second-order valence-corrected chi connectivity index (χ2v) is 7.25. The van der Waals surface area contributed by atoms with Crippen LogP contribution in [0, 0.1) is 0 Å². The van der Waals surface area contributed by atoms with E-state index in [0.717, 1.165) is 11.3 Å². The smallest absolute Gasteiger partial charge is 0.341 e. The maximum atomic E-state index is 12.6. The van der Waals surface area contributed by atoms with Crippen LogP contribution in [0.1, 0.15) is 34.8 Å². The first-order valence-corrected chi connectivity index (χ1v) is 10.3. The Morgan fingerprint density at radius 1 is 1.11 bits per heavy atom. The van der Waals surface area contributed by atoms with Crippen molar-refractivity contribution in [1.82, 2.24) is 0 Å². The summed E-state index contributed by atoms with van der Waals surface area (Å²) in [5.74, 6) is -0.0614. The minimum Gasteiger partial charge on any atom is -0.494 e. The summed E-state index contributed by atoms with van der Waals surface area (Å²) in [4.78, 5) is 25.0. The highest BCUT2D eigenvalue weighted by Gasteiger charge is 2.24. The number of benzene rings is 1. The third kappa shape index (κ3) is 4.45. The molecule has 8 heteroatoms. The summed E-state index contributed by atoms with van der Waals surface area (Å²) in [7, 11) is 0. The van der Waals surface area contributed by atoms with E-state index >= 15 is 0 Å². The van der Waals surface area contributed by atoms with Crippen molar-refractivity contribution in [3.63, 3.8) is 0 Å². The van der Waals surface area contributed by atoms with Crippen molar-refractivity contribution in [1.29, 1.82) is 0 Å². The molecule has 0 radical (unpaired) electrons. The third-order valence-corrected chi connectivity index (χ3v) is 5.09. The number of ether oxygens (including phenoxy) is 2. The van der Waals surface area contributed by atoms with Gasteiger partial charge >= 0.3 is 5.97 Å². The monoisotopic (exact) mass is 463 g/mol. The molecule has 0 bridgehead atoms. The van der Waals surface area contributed by atoms with E-state index in [1.807, 2.05) is 36.6 Å². The summed E-state index contributed by atoms with van der Waals surface area (Å²) >= 11 is 4.42. The fraction of sp³-hybridized carbons (Fsp3) is 0.200. The normalized spacial score (nSPS) is 10.5. The van der Waals surface area contributed by atoms with Crippen LogP contribution in [0.25, 0.3) is 11.1 Å². The van der Waals surface area contributed by atoms with Crippen LogP contribution in [-0.2, 0) is 4.74 Å². The summed E-state index contributed by atoms with van der Waals surface area (Å²) in [6.07, 6.45) is 0. The van der Waals surface area contributed by atoms with Gasteiger partial charge in [0.1, 0.15) is 16.3 Å². The van der Waals surface area contributed by atoms with Gasteiger partial charge in [-0.1, -0.05) is 12.1 Å². The lowest BCUT2D eigenvalue weighted by Crippen LogP contribution is -2.14. The van der Waals surface area contributed by atoms with E-state index in [1.54, 1.807) is 19.1 Å². The third-order valence-electron chi connectivity index (χ3n) is 3.77. The number of halogens is 1. The quantitative estimate of drug-likeness (QED) is 0.461. The lowest BCUT2D eigenvalue weighted by Gasteiger charge is -2.09. The Morgan fingerprint density at radius 2 is 1.86 bits per heavy atom. The molecule has 2 heterocycles. The Labute approximate surface area is 174 Å². The highest BCUT2D eigenvalue weighted by molar-refractivity contribution is 9.10.